The highest BCUT2D eigenvalue weighted by Gasteiger charge is 2.37. The maximum absolute atomic E-state index is 13.4. The Labute approximate surface area is 121 Å². The van der Waals surface area contributed by atoms with E-state index in [4.69, 9.17) is 0 Å². The molecule has 0 aliphatic carbocycles. The lowest BCUT2D eigenvalue weighted by Crippen LogP contribution is -2.33. The second-order valence-corrected chi connectivity index (χ2v) is 5.07. The van der Waals surface area contributed by atoms with Gasteiger partial charge in [0.15, 0.2) is 0 Å². The zero-order valence-corrected chi connectivity index (χ0v) is 11.8. The van der Waals surface area contributed by atoms with Gasteiger partial charge in [-0.3, -0.25) is 9.59 Å². The van der Waals surface area contributed by atoms with E-state index in [0.717, 1.165) is 11.9 Å². The number of aromatic nitrogens is 2. The summed E-state index contributed by atoms with van der Waals surface area (Å²) >= 11 is 0. The van der Waals surface area contributed by atoms with Crippen LogP contribution in [0, 0.1) is 19.7 Å². The van der Waals surface area contributed by atoms with Crippen molar-refractivity contribution >= 4 is 17.4 Å². The lowest BCUT2D eigenvalue weighted by molar-refractivity contribution is -0.114. The molecule has 108 valence electrons. The van der Waals surface area contributed by atoms with E-state index < -0.39 is 17.5 Å². The number of hydrogen-bond acceptors (Lipinski definition) is 3. The van der Waals surface area contributed by atoms with Crippen LogP contribution in [0.3, 0.4) is 0 Å². The smallest absolute Gasteiger partial charge is 0.299 e. The molecule has 3 rings (SSSR count). The van der Waals surface area contributed by atoms with Gasteiger partial charge in [-0.15, -0.1) is 0 Å². The Balaban J connectivity index is 1.93. The lowest BCUT2D eigenvalue weighted by Gasteiger charge is -2.19. The van der Waals surface area contributed by atoms with Crippen molar-refractivity contribution in [3.05, 3.63) is 47.3 Å². The van der Waals surface area contributed by atoms with Gasteiger partial charge in [-0.25, -0.2) is 9.37 Å². The number of carbonyl (C=O) groups is 2. The van der Waals surface area contributed by atoms with Crippen LogP contribution in [-0.2, 0) is 11.3 Å². The molecule has 1 aromatic heterocycles. The quantitative estimate of drug-likeness (QED) is 0.810. The van der Waals surface area contributed by atoms with Gasteiger partial charge in [-0.1, -0.05) is 0 Å². The standard InChI is InChI=1S/C15H14FN3O2/c1-9-7-11(16)8-12-13(9)19(15(21)14(12)20)6-5-18-4-3-17-10(18)2/h3-4,7-8H,5-6H2,1-2H3. The second-order valence-electron chi connectivity index (χ2n) is 5.07. The highest BCUT2D eigenvalue weighted by molar-refractivity contribution is 6.52. The monoisotopic (exact) mass is 287 g/mol. The fourth-order valence-electron chi connectivity index (χ4n) is 2.67. The van der Waals surface area contributed by atoms with Crippen molar-refractivity contribution < 1.29 is 14.0 Å². The Bertz CT molecular complexity index is 751. The van der Waals surface area contributed by atoms with E-state index in [9.17, 15) is 14.0 Å². The van der Waals surface area contributed by atoms with Crippen molar-refractivity contribution in [1.82, 2.24) is 9.55 Å². The van der Waals surface area contributed by atoms with Gasteiger partial charge in [-0.05, 0) is 31.5 Å². The third-order valence-electron chi connectivity index (χ3n) is 3.71. The number of fused-ring (bicyclic) bond motifs is 1. The zero-order chi connectivity index (χ0) is 15.1. The van der Waals surface area contributed by atoms with Gasteiger partial charge in [-0.2, -0.15) is 0 Å². The van der Waals surface area contributed by atoms with E-state index in [-0.39, 0.29) is 5.56 Å². The van der Waals surface area contributed by atoms with E-state index in [0.29, 0.717) is 24.3 Å². The van der Waals surface area contributed by atoms with Gasteiger partial charge >= 0.3 is 0 Å². The van der Waals surface area contributed by atoms with Crippen LogP contribution in [0.1, 0.15) is 21.7 Å². The lowest BCUT2D eigenvalue weighted by atomic mass is 10.1. The van der Waals surface area contributed by atoms with E-state index in [2.05, 4.69) is 4.98 Å². The Hall–Kier alpha value is -2.50. The molecule has 0 saturated carbocycles. The number of carbonyl (C=O) groups excluding carboxylic acids is 2. The van der Waals surface area contributed by atoms with E-state index in [1.807, 2.05) is 17.7 Å². The number of ketones is 1. The summed E-state index contributed by atoms with van der Waals surface area (Å²) in [6, 6.07) is 2.46. The SMILES string of the molecule is Cc1cc(F)cc2c1N(CCn1ccnc1C)C(=O)C2=O. The van der Waals surface area contributed by atoms with Crippen molar-refractivity contribution in [2.45, 2.75) is 20.4 Å². The number of benzene rings is 1. The van der Waals surface area contributed by atoms with Crippen LogP contribution in [0.4, 0.5) is 10.1 Å². The number of aryl methyl sites for hydroxylation is 2. The molecule has 0 saturated heterocycles. The van der Waals surface area contributed by atoms with Crippen molar-refractivity contribution in [3.8, 4) is 0 Å². The predicted octanol–water partition coefficient (Wildman–Crippen LogP) is 1.87. The Morgan fingerprint density at radius 2 is 1.95 bits per heavy atom. The normalized spacial score (nSPS) is 14.0. The summed E-state index contributed by atoms with van der Waals surface area (Å²) in [6.45, 7) is 4.44. The van der Waals surface area contributed by atoms with Crippen LogP contribution in [0.15, 0.2) is 24.5 Å². The molecule has 1 aliphatic rings. The zero-order valence-electron chi connectivity index (χ0n) is 11.8. The van der Waals surface area contributed by atoms with Crippen LogP contribution < -0.4 is 4.90 Å². The molecule has 0 spiro atoms. The summed E-state index contributed by atoms with van der Waals surface area (Å²) in [6.07, 6.45) is 3.50. The molecule has 1 aliphatic heterocycles. The predicted molar refractivity (Wildman–Crippen MR) is 74.8 cm³/mol. The van der Waals surface area contributed by atoms with Crippen LogP contribution in [0.2, 0.25) is 0 Å². The summed E-state index contributed by atoms with van der Waals surface area (Å²) < 4.78 is 15.3. The first-order valence-electron chi connectivity index (χ1n) is 6.63. The largest absolute Gasteiger partial charge is 0.333 e. The van der Waals surface area contributed by atoms with E-state index >= 15 is 0 Å². The molecule has 0 N–H and O–H groups in total. The minimum atomic E-state index is -0.644. The molecule has 1 aromatic carbocycles. The second kappa shape index (κ2) is 4.80. The maximum atomic E-state index is 13.4. The highest BCUT2D eigenvalue weighted by Crippen LogP contribution is 2.33. The minimum Gasteiger partial charge on any atom is -0.333 e. The fraction of sp³-hybridized carbons (Fsp3) is 0.267. The Morgan fingerprint density at radius 3 is 2.62 bits per heavy atom. The number of rotatable bonds is 3. The third-order valence-corrected chi connectivity index (χ3v) is 3.71. The number of amides is 1. The summed E-state index contributed by atoms with van der Waals surface area (Å²) in [5, 5.41) is 0. The van der Waals surface area contributed by atoms with Crippen LogP contribution in [0.25, 0.3) is 0 Å². The maximum Gasteiger partial charge on any atom is 0.299 e. The highest BCUT2D eigenvalue weighted by atomic mass is 19.1. The van der Waals surface area contributed by atoms with Crippen molar-refractivity contribution in [1.29, 1.82) is 0 Å². The molecular formula is C15H14FN3O2. The molecule has 0 unspecified atom stereocenters. The number of hydrogen-bond donors (Lipinski definition) is 0. The van der Waals surface area contributed by atoms with Crippen LogP contribution >= 0.6 is 0 Å². The van der Waals surface area contributed by atoms with Gasteiger partial charge in [0.25, 0.3) is 11.7 Å². The Kier molecular flexibility index (Phi) is 3.08. The topological polar surface area (TPSA) is 55.2 Å². The van der Waals surface area contributed by atoms with Gasteiger partial charge in [0.05, 0.1) is 11.3 Å². The molecule has 0 bridgehead atoms. The third kappa shape index (κ3) is 2.12. The van der Waals surface area contributed by atoms with Gasteiger partial charge in [0, 0.05) is 25.5 Å². The van der Waals surface area contributed by atoms with Crippen LogP contribution in [-0.4, -0.2) is 27.8 Å². The van der Waals surface area contributed by atoms with Gasteiger partial charge in [0.2, 0.25) is 0 Å². The molecule has 1 amide bonds. The van der Waals surface area contributed by atoms with Crippen LogP contribution in [0.5, 0.6) is 0 Å². The molecule has 5 nitrogen and oxygen atoms in total. The average Bonchev–Trinajstić information content (AvgIpc) is 2.93. The number of anilines is 1. The number of halogens is 1. The molecule has 0 fully saturated rings. The van der Waals surface area contributed by atoms with Gasteiger partial charge in [0.1, 0.15) is 11.6 Å². The van der Waals surface area contributed by atoms with Gasteiger partial charge < -0.3 is 9.47 Å². The molecule has 2 heterocycles. The van der Waals surface area contributed by atoms with E-state index in [1.54, 1.807) is 13.1 Å². The van der Waals surface area contributed by atoms with E-state index in [1.165, 1.54) is 11.0 Å². The number of Topliss-reactive ketones (excluding diaryl/α,β-unsaturated/α-hetero) is 1. The first-order chi connectivity index (χ1) is 9.99. The van der Waals surface area contributed by atoms with Crippen molar-refractivity contribution in [2.75, 3.05) is 11.4 Å². The summed E-state index contributed by atoms with van der Waals surface area (Å²) in [5.41, 5.74) is 1.26. The summed E-state index contributed by atoms with van der Waals surface area (Å²) in [7, 11) is 0. The molecule has 6 heteroatoms. The molecule has 0 atom stereocenters. The fourth-order valence-corrected chi connectivity index (χ4v) is 2.67. The number of nitrogens with zero attached hydrogens (tertiary/aromatic N) is 3. The molecule has 2 aromatic rings. The first kappa shape index (κ1) is 13.5. The summed E-state index contributed by atoms with van der Waals surface area (Å²) in [4.78, 5) is 29.6. The molecule has 0 radical (unpaired) electrons. The Morgan fingerprint density at radius 1 is 1.19 bits per heavy atom. The first-order valence-corrected chi connectivity index (χ1v) is 6.63. The average molecular weight is 287 g/mol. The van der Waals surface area contributed by atoms with Crippen molar-refractivity contribution in [2.24, 2.45) is 0 Å². The van der Waals surface area contributed by atoms with Crippen molar-refractivity contribution in [3.63, 3.8) is 0 Å². The molecule has 21 heavy (non-hydrogen) atoms. The minimum absolute atomic E-state index is 0.153. The molecular weight excluding hydrogens is 273 g/mol. The number of imidazole rings is 1. The summed E-state index contributed by atoms with van der Waals surface area (Å²) in [5.74, 6) is -0.907.